The minimum absolute atomic E-state index is 0.115. The number of aryl methyl sites for hydroxylation is 1. The summed E-state index contributed by atoms with van der Waals surface area (Å²) in [6, 6.07) is 12.2. The molecule has 28 heavy (non-hydrogen) atoms. The lowest BCUT2D eigenvalue weighted by molar-refractivity contribution is -0.134. The number of hydrogen-bond donors (Lipinski definition) is 0. The number of fused-ring (bicyclic) bond motifs is 1. The molecule has 148 valence electrons. The minimum atomic E-state index is -0.372. The van der Waals surface area contributed by atoms with Gasteiger partial charge in [0.1, 0.15) is 4.88 Å². The van der Waals surface area contributed by atoms with E-state index in [1.54, 1.807) is 4.90 Å². The van der Waals surface area contributed by atoms with E-state index in [1.165, 1.54) is 33.9 Å². The lowest BCUT2D eigenvalue weighted by atomic mass is 9.90. The second kappa shape index (κ2) is 8.35. The van der Waals surface area contributed by atoms with Crippen molar-refractivity contribution in [2.75, 3.05) is 37.7 Å². The number of benzene rings is 1. The Labute approximate surface area is 169 Å². The average Bonchev–Trinajstić information content (AvgIpc) is 3.16. The Morgan fingerprint density at radius 2 is 1.89 bits per heavy atom. The van der Waals surface area contributed by atoms with Crippen molar-refractivity contribution >= 4 is 28.9 Å². The molecule has 0 N–H and O–H groups in total. The first-order chi connectivity index (χ1) is 13.6. The van der Waals surface area contributed by atoms with E-state index in [9.17, 15) is 9.59 Å². The molecule has 1 saturated heterocycles. The summed E-state index contributed by atoms with van der Waals surface area (Å²) in [6.07, 6.45) is 3.25. The summed E-state index contributed by atoms with van der Waals surface area (Å²) in [4.78, 5) is 30.8. The van der Waals surface area contributed by atoms with Gasteiger partial charge in [0.25, 0.3) is 5.91 Å². The molecule has 1 aliphatic heterocycles. The van der Waals surface area contributed by atoms with Crippen LogP contribution in [0.15, 0.2) is 36.4 Å². The second-order valence-corrected chi connectivity index (χ2v) is 8.82. The molecule has 1 fully saturated rings. The second-order valence-electron chi connectivity index (χ2n) is 7.69. The SMILES string of the molecule is C[C@@H]1CCc2sc(C(=O)OCC(=O)N3CCN(c4ccccc4)CC3)cc2C1. The van der Waals surface area contributed by atoms with Gasteiger partial charge in [-0.2, -0.15) is 0 Å². The Morgan fingerprint density at radius 1 is 1.14 bits per heavy atom. The van der Waals surface area contributed by atoms with E-state index in [-0.39, 0.29) is 18.5 Å². The molecule has 4 rings (SSSR count). The average molecular weight is 399 g/mol. The fourth-order valence-electron chi connectivity index (χ4n) is 3.95. The third-order valence-corrected chi connectivity index (χ3v) is 6.83. The molecule has 1 aromatic heterocycles. The zero-order valence-electron chi connectivity index (χ0n) is 16.2. The minimum Gasteiger partial charge on any atom is -0.451 e. The molecule has 0 bridgehead atoms. The number of rotatable bonds is 4. The maximum atomic E-state index is 12.4. The zero-order chi connectivity index (χ0) is 19.5. The quantitative estimate of drug-likeness (QED) is 0.741. The van der Waals surface area contributed by atoms with E-state index in [0.717, 1.165) is 25.9 Å². The molecule has 1 atom stereocenters. The van der Waals surface area contributed by atoms with Gasteiger partial charge in [0, 0.05) is 36.7 Å². The highest BCUT2D eigenvalue weighted by atomic mass is 32.1. The molecular weight excluding hydrogens is 372 g/mol. The summed E-state index contributed by atoms with van der Waals surface area (Å²) in [5, 5.41) is 0. The van der Waals surface area contributed by atoms with Crippen molar-refractivity contribution in [1.29, 1.82) is 0 Å². The van der Waals surface area contributed by atoms with Gasteiger partial charge in [-0.3, -0.25) is 4.79 Å². The van der Waals surface area contributed by atoms with E-state index in [1.807, 2.05) is 24.3 Å². The van der Waals surface area contributed by atoms with Crippen LogP contribution in [0.3, 0.4) is 0 Å². The summed E-state index contributed by atoms with van der Waals surface area (Å²) >= 11 is 1.52. The van der Waals surface area contributed by atoms with Crippen molar-refractivity contribution in [3.05, 3.63) is 51.7 Å². The van der Waals surface area contributed by atoms with E-state index in [0.29, 0.717) is 23.9 Å². The zero-order valence-corrected chi connectivity index (χ0v) is 17.0. The predicted octanol–water partition coefficient (Wildman–Crippen LogP) is 3.38. The largest absolute Gasteiger partial charge is 0.451 e. The molecule has 2 aliphatic rings. The highest BCUT2D eigenvalue weighted by Gasteiger charge is 2.24. The Bertz CT molecular complexity index is 841. The monoisotopic (exact) mass is 398 g/mol. The normalized spacial score (nSPS) is 19.2. The highest BCUT2D eigenvalue weighted by Crippen LogP contribution is 2.32. The van der Waals surface area contributed by atoms with Crippen molar-refractivity contribution in [2.45, 2.75) is 26.2 Å². The molecule has 5 nitrogen and oxygen atoms in total. The van der Waals surface area contributed by atoms with Crippen LogP contribution >= 0.6 is 11.3 Å². The van der Waals surface area contributed by atoms with Crippen LogP contribution in [0.2, 0.25) is 0 Å². The summed E-state index contributed by atoms with van der Waals surface area (Å²) in [7, 11) is 0. The van der Waals surface area contributed by atoms with Crippen LogP contribution in [0.4, 0.5) is 5.69 Å². The molecule has 1 aromatic carbocycles. The Hall–Kier alpha value is -2.34. The number of nitrogens with zero attached hydrogens (tertiary/aromatic N) is 2. The number of amides is 1. The third-order valence-electron chi connectivity index (χ3n) is 5.61. The predicted molar refractivity (Wildman–Crippen MR) is 111 cm³/mol. The van der Waals surface area contributed by atoms with Crippen molar-refractivity contribution < 1.29 is 14.3 Å². The van der Waals surface area contributed by atoms with Crippen LogP contribution in [0, 0.1) is 5.92 Å². The first-order valence-corrected chi connectivity index (χ1v) is 10.8. The molecule has 1 aliphatic carbocycles. The molecule has 0 spiro atoms. The van der Waals surface area contributed by atoms with Crippen LogP contribution in [-0.4, -0.2) is 49.6 Å². The number of carbonyl (C=O) groups excluding carboxylic acids is 2. The van der Waals surface area contributed by atoms with E-state index in [2.05, 4.69) is 24.0 Å². The van der Waals surface area contributed by atoms with Gasteiger partial charge >= 0.3 is 5.97 Å². The number of piperazine rings is 1. The number of anilines is 1. The van der Waals surface area contributed by atoms with E-state index in [4.69, 9.17) is 4.74 Å². The molecule has 0 unspecified atom stereocenters. The smallest absolute Gasteiger partial charge is 0.348 e. The summed E-state index contributed by atoms with van der Waals surface area (Å²) in [5.74, 6) is 0.182. The number of carbonyl (C=O) groups is 2. The summed E-state index contributed by atoms with van der Waals surface area (Å²) in [5.41, 5.74) is 2.45. The van der Waals surface area contributed by atoms with E-state index < -0.39 is 0 Å². The van der Waals surface area contributed by atoms with Crippen LogP contribution < -0.4 is 4.90 Å². The maximum absolute atomic E-state index is 12.4. The number of para-hydroxylation sites is 1. The number of hydrogen-bond acceptors (Lipinski definition) is 5. The standard InChI is InChI=1S/C22H26N2O3S/c1-16-7-8-19-17(13-16)14-20(28-19)22(26)27-15-21(25)24-11-9-23(10-12-24)18-5-3-2-4-6-18/h2-6,14,16H,7-13,15H2,1H3/t16-/m1/s1. The van der Waals surface area contributed by atoms with Gasteiger partial charge in [0.05, 0.1) is 0 Å². The van der Waals surface area contributed by atoms with Crippen molar-refractivity contribution in [1.82, 2.24) is 4.90 Å². The van der Waals surface area contributed by atoms with Gasteiger partial charge in [-0.25, -0.2) is 4.79 Å². The number of esters is 1. The van der Waals surface area contributed by atoms with E-state index >= 15 is 0 Å². The molecule has 0 radical (unpaired) electrons. The summed E-state index contributed by atoms with van der Waals surface area (Å²) in [6.45, 7) is 4.95. The van der Waals surface area contributed by atoms with Crippen LogP contribution in [0.25, 0.3) is 0 Å². The van der Waals surface area contributed by atoms with Crippen molar-refractivity contribution in [2.24, 2.45) is 5.92 Å². The Balaban J connectivity index is 1.26. The number of ether oxygens (including phenoxy) is 1. The van der Waals surface area contributed by atoms with Gasteiger partial charge in [-0.05, 0) is 48.9 Å². The third kappa shape index (κ3) is 4.22. The first kappa shape index (κ1) is 19.0. The van der Waals surface area contributed by atoms with Crippen LogP contribution in [0.1, 0.15) is 33.5 Å². The van der Waals surface area contributed by atoms with Crippen LogP contribution in [0.5, 0.6) is 0 Å². The first-order valence-electron chi connectivity index (χ1n) is 9.96. The maximum Gasteiger partial charge on any atom is 0.348 e. The van der Waals surface area contributed by atoms with Gasteiger partial charge in [0.2, 0.25) is 0 Å². The molecule has 2 heterocycles. The lowest BCUT2D eigenvalue weighted by Gasteiger charge is -2.36. The van der Waals surface area contributed by atoms with Gasteiger partial charge < -0.3 is 14.5 Å². The number of thiophene rings is 1. The van der Waals surface area contributed by atoms with Crippen molar-refractivity contribution in [3.63, 3.8) is 0 Å². The highest BCUT2D eigenvalue weighted by molar-refractivity contribution is 7.14. The lowest BCUT2D eigenvalue weighted by Crippen LogP contribution is -2.49. The molecular formula is C22H26N2O3S. The van der Waals surface area contributed by atoms with Gasteiger partial charge in [-0.15, -0.1) is 11.3 Å². The van der Waals surface area contributed by atoms with Crippen LogP contribution in [-0.2, 0) is 22.4 Å². The molecule has 0 saturated carbocycles. The Morgan fingerprint density at radius 3 is 2.64 bits per heavy atom. The fourth-order valence-corrected chi connectivity index (χ4v) is 5.05. The molecule has 6 heteroatoms. The topological polar surface area (TPSA) is 49.9 Å². The Kier molecular flexibility index (Phi) is 5.67. The molecule has 1 amide bonds. The van der Waals surface area contributed by atoms with Gasteiger partial charge in [0.15, 0.2) is 6.61 Å². The summed E-state index contributed by atoms with van der Waals surface area (Å²) < 4.78 is 5.33. The molecule has 2 aromatic rings. The van der Waals surface area contributed by atoms with Crippen molar-refractivity contribution in [3.8, 4) is 0 Å². The fraction of sp³-hybridized carbons (Fsp3) is 0.455. The van der Waals surface area contributed by atoms with Gasteiger partial charge in [-0.1, -0.05) is 25.1 Å².